The van der Waals surface area contributed by atoms with Gasteiger partial charge < -0.3 is 10.6 Å². The zero-order valence-electron chi connectivity index (χ0n) is 12.3. The van der Waals surface area contributed by atoms with Gasteiger partial charge in [-0.05, 0) is 36.4 Å². The summed E-state index contributed by atoms with van der Waals surface area (Å²) in [6.07, 6.45) is 2.30. The van der Waals surface area contributed by atoms with E-state index < -0.39 is 18.2 Å². The number of rotatable bonds is 6. The molecule has 0 aromatic heterocycles. The third-order valence-corrected chi connectivity index (χ3v) is 2.60. The van der Waals surface area contributed by atoms with Crippen LogP contribution >= 0.6 is 0 Å². The summed E-state index contributed by atoms with van der Waals surface area (Å²) in [7, 11) is 0. The van der Waals surface area contributed by atoms with Gasteiger partial charge in [-0.3, -0.25) is 9.59 Å². The van der Waals surface area contributed by atoms with Gasteiger partial charge >= 0.3 is 0 Å². The first kappa shape index (κ1) is 17.4. The van der Waals surface area contributed by atoms with Crippen molar-refractivity contribution in [2.45, 2.75) is 6.42 Å². The highest BCUT2D eigenvalue weighted by Crippen LogP contribution is 2.09. The van der Waals surface area contributed by atoms with Crippen LogP contribution in [0.15, 0.2) is 60.8 Å². The predicted molar refractivity (Wildman–Crippen MR) is 85.6 cm³/mol. The lowest BCUT2D eigenvalue weighted by molar-refractivity contribution is -0.126. The van der Waals surface area contributed by atoms with Crippen molar-refractivity contribution < 1.29 is 9.59 Å². The number of hydrogen-bond acceptors (Lipinski definition) is 4. The molecule has 0 bridgehead atoms. The number of nitrogens with one attached hydrogen (secondary N) is 2. The van der Waals surface area contributed by atoms with Crippen molar-refractivity contribution in [1.82, 2.24) is 5.32 Å². The van der Waals surface area contributed by atoms with Crippen LogP contribution in [0.5, 0.6) is 0 Å². The molecule has 0 aliphatic heterocycles. The van der Waals surface area contributed by atoms with E-state index in [1.807, 2.05) is 12.1 Å². The van der Waals surface area contributed by atoms with Gasteiger partial charge in [0.2, 0.25) is 11.8 Å². The van der Waals surface area contributed by atoms with E-state index >= 15 is 0 Å². The molecule has 114 valence electrons. The smallest absolute Gasteiger partial charge is 0.233 e. The summed E-state index contributed by atoms with van der Waals surface area (Å²) in [6.45, 7) is 6.96. The quantitative estimate of drug-likeness (QED) is 0.477. The van der Waals surface area contributed by atoms with E-state index in [0.29, 0.717) is 11.3 Å². The first-order valence-electron chi connectivity index (χ1n) is 6.51. The third kappa shape index (κ3) is 6.11. The van der Waals surface area contributed by atoms with Crippen molar-refractivity contribution >= 4 is 17.5 Å². The van der Waals surface area contributed by atoms with E-state index in [4.69, 9.17) is 10.5 Å². The van der Waals surface area contributed by atoms with Crippen LogP contribution in [0.4, 0.5) is 5.69 Å². The number of nitriles is 2. The fourth-order valence-electron chi connectivity index (χ4n) is 1.55. The second-order valence-corrected chi connectivity index (χ2v) is 4.40. The lowest BCUT2D eigenvalue weighted by Crippen LogP contribution is -2.27. The van der Waals surface area contributed by atoms with Crippen LogP contribution in [0.25, 0.3) is 0 Å². The second kappa shape index (κ2) is 8.60. The Morgan fingerprint density at radius 2 is 1.83 bits per heavy atom. The van der Waals surface area contributed by atoms with Crippen LogP contribution in [-0.4, -0.2) is 11.8 Å². The molecule has 6 heteroatoms. The zero-order valence-corrected chi connectivity index (χ0v) is 12.3. The summed E-state index contributed by atoms with van der Waals surface area (Å²) in [5, 5.41) is 22.3. The molecule has 6 nitrogen and oxygen atoms in total. The molecular weight excluding hydrogens is 292 g/mol. The number of anilines is 1. The van der Waals surface area contributed by atoms with E-state index in [9.17, 15) is 9.59 Å². The van der Waals surface area contributed by atoms with Gasteiger partial charge in [0.25, 0.3) is 0 Å². The molecule has 1 aromatic carbocycles. The molecule has 0 heterocycles. The molecule has 2 N–H and O–H groups in total. The standard InChI is InChI=1S/C17H14N4O2/c1-3-14(8-12(2)10-18)20-16(22)9-17(23)21-15-6-4-13(11-19)5-7-15/h3-8H,1-2,9H2,(H,20,22)(H,21,23)/b14-8+. The maximum Gasteiger partial charge on any atom is 0.233 e. The van der Waals surface area contributed by atoms with Gasteiger partial charge in [0.1, 0.15) is 6.42 Å². The Hall–Kier alpha value is -3.64. The molecule has 0 saturated carbocycles. The number of carbonyl (C=O) groups excluding carboxylic acids is 2. The molecule has 0 atom stereocenters. The Labute approximate surface area is 134 Å². The minimum Gasteiger partial charge on any atom is -0.326 e. The van der Waals surface area contributed by atoms with Crippen LogP contribution in [0.3, 0.4) is 0 Å². The first-order valence-corrected chi connectivity index (χ1v) is 6.51. The Bertz CT molecular complexity index is 746. The van der Waals surface area contributed by atoms with Crippen LogP contribution in [-0.2, 0) is 9.59 Å². The van der Waals surface area contributed by atoms with E-state index in [0.717, 1.165) is 0 Å². The highest BCUT2D eigenvalue weighted by molar-refractivity contribution is 6.04. The summed E-state index contributed by atoms with van der Waals surface area (Å²) in [4.78, 5) is 23.5. The molecule has 2 amide bonds. The third-order valence-electron chi connectivity index (χ3n) is 2.60. The Kier molecular flexibility index (Phi) is 6.51. The van der Waals surface area contributed by atoms with Gasteiger partial charge in [0.05, 0.1) is 17.7 Å². The van der Waals surface area contributed by atoms with Crippen molar-refractivity contribution in [1.29, 1.82) is 10.5 Å². The summed E-state index contributed by atoms with van der Waals surface area (Å²) in [5.41, 5.74) is 1.40. The number of amides is 2. The monoisotopic (exact) mass is 306 g/mol. The van der Waals surface area contributed by atoms with Gasteiger partial charge in [-0.2, -0.15) is 10.5 Å². The minimum absolute atomic E-state index is 0.155. The van der Waals surface area contributed by atoms with E-state index in [1.54, 1.807) is 24.3 Å². The fourth-order valence-corrected chi connectivity index (χ4v) is 1.55. The molecule has 0 spiro atoms. The van der Waals surface area contributed by atoms with Crippen LogP contribution < -0.4 is 10.6 Å². The summed E-state index contributed by atoms with van der Waals surface area (Å²) >= 11 is 0. The van der Waals surface area contributed by atoms with Gasteiger partial charge in [-0.25, -0.2) is 0 Å². The number of nitrogens with zero attached hydrogens (tertiary/aromatic N) is 2. The lowest BCUT2D eigenvalue weighted by atomic mass is 10.2. The average molecular weight is 306 g/mol. The van der Waals surface area contributed by atoms with E-state index in [1.165, 1.54) is 12.2 Å². The molecule has 0 saturated heterocycles. The summed E-state index contributed by atoms with van der Waals surface area (Å²) < 4.78 is 0. The van der Waals surface area contributed by atoms with Crippen LogP contribution in [0.1, 0.15) is 12.0 Å². The molecule has 0 fully saturated rings. The van der Waals surface area contributed by atoms with Crippen molar-refractivity contribution in [3.8, 4) is 12.1 Å². The predicted octanol–water partition coefficient (Wildman–Crippen LogP) is 2.15. The van der Waals surface area contributed by atoms with E-state index in [-0.39, 0.29) is 11.3 Å². The number of allylic oxidation sites excluding steroid dienone is 3. The fraction of sp³-hybridized carbons (Fsp3) is 0.0588. The van der Waals surface area contributed by atoms with Crippen LogP contribution in [0.2, 0.25) is 0 Å². The maximum absolute atomic E-state index is 11.8. The topological polar surface area (TPSA) is 106 Å². The van der Waals surface area contributed by atoms with Crippen molar-refractivity contribution in [3.05, 3.63) is 66.4 Å². The molecule has 0 unspecified atom stereocenters. The zero-order chi connectivity index (χ0) is 17.2. The molecule has 1 rings (SSSR count). The molecule has 0 aliphatic rings. The van der Waals surface area contributed by atoms with Crippen molar-refractivity contribution in [2.75, 3.05) is 5.32 Å². The average Bonchev–Trinajstić information content (AvgIpc) is 2.54. The molecule has 1 aromatic rings. The first-order chi connectivity index (χ1) is 11.0. The Morgan fingerprint density at radius 3 is 2.35 bits per heavy atom. The van der Waals surface area contributed by atoms with Gasteiger partial charge in [0, 0.05) is 17.0 Å². The normalized spacial score (nSPS) is 9.91. The number of hydrogen-bond donors (Lipinski definition) is 2. The summed E-state index contributed by atoms with van der Waals surface area (Å²) in [5.74, 6) is -1.05. The highest BCUT2D eigenvalue weighted by atomic mass is 16.2. The van der Waals surface area contributed by atoms with Gasteiger partial charge in [-0.15, -0.1) is 0 Å². The van der Waals surface area contributed by atoms with Gasteiger partial charge in [-0.1, -0.05) is 13.2 Å². The Morgan fingerprint density at radius 1 is 1.17 bits per heavy atom. The molecule has 0 aliphatic carbocycles. The lowest BCUT2D eigenvalue weighted by Gasteiger charge is -2.07. The molecule has 0 radical (unpaired) electrons. The highest BCUT2D eigenvalue weighted by Gasteiger charge is 2.10. The SMILES string of the molecule is C=C/C(=C\C(=C)C#N)NC(=O)CC(=O)Nc1ccc(C#N)cc1. The molecular formula is C17H14N4O2. The summed E-state index contributed by atoms with van der Waals surface area (Å²) in [6, 6.07) is 10.0. The van der Waals surface area contributed by atoms with Crippen LogP contribution in [0, 0.1) is 22.7 Å². The van der Waals surface area contributed by atoms with E-state index in [2.05, 4.69) is 23.8 Å². The maximum atomic E-state index is 11.8. The van der Waals surface area contributed by atoms with Gasteiger partial charge in [0.15, 0.2) is 0 Å². The largest absolute Gasteiger partial charge is 0.326 e. The van der Waals surface area contributed by atoms with Crippen molar-refractivity contribution in [3.63, 3.8) is 0 Å². The number of benzene rings is 1. The number of carbonyl (C=O) groups is 2. The molecule has 23 heavy (non-hydrogen) atoms. The van der Waals surface area contributed by atoms with Crippen molar-refractivity contribution in [2.24, 2.45) is 0 Å². The Balaban J connectivity index is 2.59. The second-order valence-electron chi connectivity index (χ2n) is 4.40. The minimum atomic E-state index is -0.548.